The van der Waals surface area contributed by atoms with E-state index in [4.69, 9.17) is 9.16 Å². The number of ether oxygens (including phenoxy) is 1. The number of hydrogen-bond acceptors (Lipinski definition) is 3. The van der Waals surface area contributed by atoms with Gasteiger partial charge in [-0.05, 0) is 25.1 Å². The number of carbonyl (C=O) groups excluding carboxylic acids is 1. The van der Waals surface area contributed by atoms with E-state index in [0.29, 0.717) is 13.0 Å². The first-order valence-corrected chi connectivity index (χ1v) is 8.37. The molecule has 0 N–H and O–H groups in total. The molecule has 0 radical (unpaired) electrons. The van der Waals surface area contributed by atoms with E-state index in [1.165, 1.54) is 0 Å². The lowest BCUT2D eigenvalue weighted by Crippen LogP contribution is -2.50. The summed E-state index contributed by atoms with van der Waals surface area (Å²) in [6.07, 6.45) is 0.679. The molecule has 88 valence electrons. The Morgan fingerprint density at radius 3 is 2.27 bits per heavy atom. The summed E-state index contributed by atoms with van der Waals surface area (Å²) in [6.45, 7) is 13.2. The van der Waals surface area contributed by atoms with Crippen LogP contribution in [-0.4, -0.2) is 26.5 Å². The Labute approximate surface area is 93.3 Å². The normalized spacial score (nSPS) is 28.0. The lowest BCUT2D eigenvalue weighted by Gasteiger charge is -2.40. The van der Waals surface area contributed by atoms with Gasteiger partial charge in [-0.15, -0.1) is 0 Å². The van der Waals surface area contributed by atoms with Crippen LogP contribution < -0.4 is 0 Å². The highest BCUT2D eigenvalue weighted by Crippen LogP contribution is 2.41. The molecule has 1 atom stereocenters. The molecule has 0 aromatic carbocycles. The number of cyclic esters (lactones) is 1. The van der Waals surface area contributed by atoms with Crippen LogP contribution in [0.25, 0.3) is 0 Å². The third kappa shape index (κ3) is 2.42. The van der Waals surface area contributed by atoms with Gasteiger partial charge < -0.3 is 9.16 Å². The molecule has 0 aromatic rings. The van der Waals surface area contributed by atoms with Gasteiger partial charge in [-0.1, -0.05) is 20.8 Å². The number of hydrogen-bond donors (Lipinski definition) is 0. The minimum atomic E-state index is -1.88. The zero-order valence-electron chi connectivity index (χ0n) is 10.6. The van der Waals surface area contributed by atoms with Crippen LogP contribution in [0.3, 0.4) is 0 Å². The van der Waals surface area contributed by atoms with Crippen molar-refractivity contribution in [3.8, 4) is 0 Å². The maximum Gasteiger partial charge on any atom is 0.337 e. The van der Waals surface area contributed by atoms with Crippen LogP contribution in [0, 0.1) is 0 Å². The maximum absolute atomic E-state index is 11.6. The second kappa shape index (κ2) is 3.59. The van der Waals surface area contributed by atoms with Crippen LogP contribution in [-0.2, 0) is 14.0 Å². The Bertz CT molecular complexity index is 267. The standard InChI is InChI=1S/C11H22O3Si/c1-10(2,3)15(5,6)14-11(4)7-8-13-9(11)12/h7-8H2,1-6H3/t11-/m0/s1. The summed E-state index contributed by atoms with van der Waals surface area (Å²) in [5, 5.41) is 0.124. The molecule has 1 aliphatic heterocycles. The highest BCUT2D eigenvalue weighted by atomic mass is 28.4. The molecule has 1 heterocycles. The second-order valence-electron chi connectivity index (χ2n) is 5.98. The molecule has 1 aliphatic rings. The van der Waals surface area contributed by atoms with Crippen molar-refractivity contribution in [3.63, 3.8) is 0 Å². The molecule has 3 nitrogen and oxygen atoms in total. The molecular weight excluding hydrogens is 208 g/mol. The minimum absolute atomic E-state index is 0.124. The van der Waals surface area contributed by atoms with Gasteiger partial charge >= 0.3 is 5.97 Å². The van der Waals surface area contributed by atoms with Gasteiger partial charge in [-0.3, -0.25) is 0 Å². The Morgan fingerprint density at radius 2 is 1.93 bits per heavy atom. The average molecular weight is 230 g/mol. The van der Waals surface area contributed by atoms with E-state index in [9.17, 15) is 4.79 Å². The van der Waals surface area contributed by atoms with Crippen LogP contribution in [0.1, 0.15) is 34.1 Å². The quantitative estimate of drug-likeness (QED) is 0.540. The summed E-state index contributed by atoms with van der Waals surface area (Å²) in [6, 6.07) is 0. The van der Waals surface area contributed by atoms with Crippen LogP contribution >= 0.6 is 0 Å². The van der Waals surface area contributed by atoms with Gasteiger partial charge in [-0.25, -0.2) is 4.79 Å². The fraction of sp³-hybridized carbons (Fsp3) is 0.909. The first-order chi connectivity index (χ1) is 6.58. The monoisotopic (exact) mass is 230 g/mol. The van der Waals surface area contributed by atoms with Gasteiger partial charge in [0.2, 0.25) is 0 Å². The van der Waals surface area contributed by atoms with Crippen LogP contribution in [0.2, 0.25) is 18.1 Å². The zero-order chi connectivity index (χ0) is 11.9. The topological polar surface area (TPSA) is 35.5 Å². The van der Waals surface area contributed by atoms with E-state index in [0.717, 1.165) is 0 Å². The molecule has 0 unspecified atom stereocenters. The highest BCUT2D eigenvalue weighted by Gasteiger charge is 2.49. The third-order valence-electron chi connectivity index (χ3n) is 3.53. The number of carbonyl (C=O) groups is 1. The Hall–Kier alpha value is -0.353. The van der Waals surface area contributed by atoms with E-state index in [2.05, 4.69) is 33.9 Å². The van der Waals surface area contributed by atoms with Crippen molar-refractivity contribution in [3.05, 3.63) is 0 Å². The van der Waals surface area contributed by atoms with E-state index >= 15 is 0 Å². The molecule has 0 saturated carbocycles. The van der Waals surface area contributed by atoms with Crippen LogP contribution in [0.15, 0.2) is 0 Å². The van der Waals surface area contributed by atoms with Gasteiger partial charge in [0.25, 0.3) is 0 Å². The molecule has 15 heavy (non-hydrogen) atoms. The molecule has 0 amide bonds. The van der Waals surface area contributed by atoms with Gasteiger partial charge in [0.05, 0.1) is 6.61 Å². The Morgan fingerprint density at radius 1 is 1.40 bits per heavy atom. The minimum Gasteiger partial charge on any atom is -0.463 e. The smallest absolute Gasteiger partial charge is 0.337 e. The van der Waals surface area contributed by atoms with E-state index < -0.39 is 13.9 Å². The maximum atomic E-state index is 11.6. The van der Waals surface area contributed by atoms with Crippen molar-refractivity contribution >= 4 is 14.3 Å². The third-order valence-corrected chi connectivity index (χ3v) is 8.10. The Balaban J connectivity index is 2.81. The first kappa shape index (κ1) is 12.7. The number of rotatable bonds is 2. The predicted octanol–water partition coefficient (Wildman–Crippen LogP) is 2.71. The second-order valence-corrected chi connectivity index (χ2v) is 10.7. The summed E-state index contributed by atoms with van der Waals surface area (Å²) in [7, 11) is -1.88. The average Bonchev–Trinajstić information content (AvgIpc) is 2.28. The van der Waals surface area contributed by atoms with Crippen LogP contribution in [0.5, 0.6) is 0 Å². The highest BCUT2D eigenvalue weighted by molar-refractivity contribution is 6.74. The fourth-order valence-electron chi connectivity index (χ4n) is 1.40. The van der Waals surface area contributed by atoms with Crippen molar-refractivity contribution < 1.29 is 14.0 Å². The molecular formula is C11H22O3Si. The van der Waals surface area contributed by atoms with Gasteiger partial charge in [0, 0.05) is 6.42 Å². The SMILES string of the molecule is CC(C)(C)[Si](C)(C)O[C@@]1(C)CCOC1=O. The van der Waals surface area contributed by atoms with E-state index in [-0.39, 0.29) is 11.0 Å². The van der Waals surface area contributed by atoms with E-state index in [1.807, 2.05) is 6.92 Å². The summed E-state index contributed by atoms with van der Waals surface area (Å²) < 4.78 is 11.1. The largest absolute Gasteiger partial charge is 0.463 e. The van der Waals surface area contributed by atoms with Gasteiger partial charge in [0.15, 0.2) is 13.9 Å². The van der Waals surface area contributed by atoms with Crippen molar-refractivity contribution in [1.82, 2.24) is 0 Å². The van der Waals surface area contributed by atoms with Crippen LogP contribution in [0.4, 0.5) is 0 Å². The molecule has 1 rings (SSSR count). The van der Waals surface area contributed by atoms with Crippen molar-refractivity contribution in [2.24, 2.45) is 0 Å². The summed E-state index contributed by atoms with van der Waals surface area (Å²) in [4.78, 5) is 11.6. The van der Waals surface area contributed by atoms with Gasteiger partial charge in [0.1, 0.15) is 0 Å². The molecule has 0 aromatic heterocycles. The fourth-order valence-corrected chi connectivity index (χ4v) is 3.02. The molecule has 4 heteroatoms. The molecule has 1 saturated heterocycles. The van der Waals surface area contributed by atoms with Gasteiger partial charge in [-0.2, -0.15) is 0 Å². The Kier molecular flexibility index (Phi) is 3.05. The molecule has 1 fully saturated rings. The van der Waals surface area contributed by atoms with Crippen molar-refractivity contribution in [2.45, 2.75) is 57.8 Å². The predicted molar refractivity (Wildman–Crippen MR) is 62.3 cm³/mol. The summed E-state index contributed by atoms with van der Waals surface area (Å²) in [5.74, 6) is -0.202. The molecule has 0 spiro atoms. The zero-order valence-corrected chi connectivity index (χ0v) is 11.6. The lowest BCUT2D eigenvalue weighted by molar-refractivity contribution is -0.150. The summed E-state index contributed by atoms with van der Waals surface area (Å²) >= 11 is 0. The van der Waals surface area contributed by atoms with Crippen molar-refractivity contribution in [1.29, 1.82) is 0 Å². The lowest BCUT2D eigenvalue weighted by atomic mass is 10.1. The molecule has 0 aliphatic carbocycles. The number of esters is 1. The molecule has 0 bridgehead atoms. The first-order valence-electron chi connectivity index (χ1n) is 5.46. The summed E-state index contributed by atoms with van der Waals surface area (Å²) in [5.41, 5.74) is -0.705. The van der Waals surface area contributed by atoms with E-state index in [1.54, 1.807) is 0 Å². The van der Waals surface area contributed by atoms with Crippen molar-refractivity contribution in [2.75, 3.05) is 6.61 Å².